The fourth-order valence-electron chi connectivity index (χ4n) is 2.40. The smallest absolute Gasteiger partial charge is 0.161 e. The standard InChI is InChI=1S/C17H22N2O2/c1-12-6-4-5-7-13(12)10-15(19-18)14-8-9-16(20-2)17(11-14)21-3/h4-9,11,15,19H,10,18H2,1-3H3. The van der Waals surface area contributed by atoms with Crippen LogP contribution in [0.3, 0.4) is 0 Å². The molecule has 0 radical (unpaired) electrons. The monoisotopic (exact) mass is 286 g/mol. The van der Waals surface area contributed by atoms with E-state index < -0.39 is 0 Å². The Labute approximate surface area is 125 Å². The number of ether oxygens (including phenoxy) is 2. The summed E-state index contributed by atoms with van der Waals surface area (Å²) in [5.41, 5.74) is 6.49. The highest BCUT2D eigenvalue weighted by atomic mass is 16.5. The van der Waals surface area contributed by atoms with Crippen LogP contribution in [0.25, 0.3) is 0 Å². The number of nitrogens with two attached hydrogens (primary N) is 1. The van der Waals surface area contributed by atoms with E-state index in [1.807, 2.05) is 30.3 Å². The zero-order chi connectivity index (χ0) is 15.2. The van der Waals surface area contributed by atoms with Crippen molar-refractivity contribution in [2.45, 2.75) is 19.4 Å². The molecule has 0 aliphatic heterocycles. The van der Waals surface area contributed by atoms with Crippen molar-refractivity contribution in [2.75, 3.05) is 14.2 Å². The van der Waals surface area contributed by atoms with E-state index in [0.717, 1.165) is 12.0 Å². The summed E-state index contributed by atoms with van der Waals surface area (Å²) in [7, 11) is 3.26. The molecule has 4 heteroatoms. The van der Waals surface area contributed by atoms with E-state index in [9.17, 15) is 0 Å². The van der Waals surface area contributed by atoms with E-state index in [0.29, 0.717) is 11.5 Å². The Kier molecular flexibility index (Phi) is 5.20. The summed E-state index contributed by atoms with van der Waals surface area (Å²) in [4.78, 5) is 0. The van der Waals surface area contributed by atoms with Gasteiger partial charge in [-0.2, -0.15) is 0 Å². The van der Waals surface area contributed by atoms with Crippen LogP contribution in [0.15, 0.2) is 42.5 Å². The number of methoxy groups -OCH3 is 2. The average Bonchev–Trinajstić information content (AvgIpc) is 2.53. The van der Waals surface area contributed by atoms with Crippen LogP contribution in [-0.4, -0.2) is 14.2 Å². The molecule has 0 aliphatic carbocycles. The van der Waals surface area contributed by atoms with Gasteiger partial charge in [-0.1, -0.05) is 30.3 Å². The first-order chi connectivity index (χ1) is 10.2. The molecule has 0 spiro atoms. The van der Waals surface area contributed by atoms with Gasteiger partial charge in [-0.05, 0) is 42.2 Å². The molecule has 4 nitrogen and oxygen atoms in total. The lowest BCUT2D eigenvalue weighted by molar-refractivity contribution is 0.353. The van der Waals surface area contributed by atoms with E-state index in [1.54, 1.807) is 14.2 Å². The van der Waals surface area contributed by atoms with Crippen molar-refractivity contribution in [2.24, 2.45) is 5.84 Å². The molecule has 112 valence electrons. The van der Waals surface area contributed by atoms with Gasteiger partial charge in [-0.15, -0.1) is 0 Å². The number of aryl methyl sites for hydroxylation is 1. The highest BCUT2D eigenvalue weighted by Crippen LogP contribution is 2.31. The Hall–Kier alpha value is -2.04. The van der Waals surface area contributed by atoms with Gasteiger partial charge in [0, 0.05) is 0 Å². The van der Waals surface area contributed by atoms with Crippen molar-refractivity contribution >= 4 is 0 Å². The molecular formula is C17H22N2O2. The molecule has 0 saturated carbocycles. The third-order valence-electron chi connectivity index (χ3n) is 3.70. The van der Waals surface area contributed by atoms with Gasteiger partial charge in [0.2, 0.25) is 0 Å². The lowest BCUT2D eigenvalue weighted by Gasteiger charge is -2.19. The summed E-state index contributed by atoms with van der Waals surface area (Å²) in [6.07, 6.45) is 0.818. The van der Waals surface area contributed by atoms with Gasteiger partial charge in [0.25, 0.3) is 0 Å². The fraction of sp³-hybridized carbons (Fsp3) is 0.294. The summed E-state index contributed by atoms with van der Waals surface area (Å²) in [6.45, 7) is 2.11. The second-order valence-corrected chi connectivity index (χ2v) is 4.96. The molecule has 21 heavy (non-hydrogen) atoms. The molecule has 0 bridgehead atoms. The third-order valence-corrected chi connectivity index (χ3v) is 3.70. The Morgan fingerprint density at radius 2 is 1.76 bits per heavy atom. The highest BCUT2D eigenvalue weighted by Gasteiger charge is 2.14. The van der Waals surface area contributed by atoms with Crippen LogP contribution in [0.1, 0.15) is 22.7 Å². The average molecular weight is 286 g/mol. The maximum absolute atomic E-state index is 5.74. The lowest BCUT2D eigenvalue weighted by atomic mass is 9.96. The van der Waals surface area contributed by atoms with Crippen molar-refractivity contribution in [3.8, 4) is 11.5 Å². The summed E-state index contributed by atoms with van der Waals surface area (Å²) in [5, 5.41) is 0. The van der Waals surface area contributed by atoms with Crippen LogP contribution >= 0.6 is 0 Å². The minimum atomic E-state index is 0.0194. The van der Waals surface area contributed by atoms with E-state index in [1.165, 1.54) is 11.1 Å². The first-order valence-electron chi connectivity index (χ1n) is 6.92. The van der Waals surface area contributed by atoms with Crippen molar-refractivity contribution in [1.82, 2.24) is 5.43 Å². The van der Waals surface area contributed by atoms with Crippen LogP contribution in [-0.2, 0) is 6.42 Å². The predicted octanol–water partition coefficient (Wildman–Crippen LogP) is 2.76. The summed E-state index contributed by atoms with van der Waals surface area (Å²) in [6, 6.07) is 14.2. The van der Waals surface area contributed by atoms with Gasteiger partial charge in [0.05, 0.1) is 20.3 Å². The number of nitrogens with one attached hydrogen (secondary N) is 1. The Balaban J connectivity index is 2.27. The quantitative estimate of drug-likeness (QED) is 0.633. The van der Waals surface area contributed by atoms with Crippen molar-refractivity contribution < 1.29 is 9.47 Å². The molecule has 2 rings (SSSR count). The summed E-state index contributed by atoms with van der Waals surface area (Å²) in [5.74, 6) is 7.17. The second-order valence-electron chi connectivity index (χ2n) is 4.96. The van der Waals surface area contributed by atoms with E-state index in [4.69, 9.17) is 15.3 Å². The number of hydrazine groups is 1. The molecule has 0 aromatic heterocycles. The topological polar surface area (TPSA) is 56.5 Å². The second kappa shape index (κ2) is 7.11. The Morgan fingerprint density at radius 3 is 2.38 bits per heavy atom. The maximum atomic E-state index is 5.74. The van der Waals surface area contributed by atoms with E-state index >= 15 is 0 Å². The van der Waals surface area contributed by atoms with Crippen LogP contribution in [0.4, 0.5) is 0 Å². The van der Waals surface area contributed by atoms with Crippen LogP contribution in [0.5, 0.6) is 11.5 Å². The van der Waals surface area contributed by atoms with E-state index in [-0.39, 0.29) is 6.04 Å². The highest BCUT2D eigenvalue weighted by molar-refractivity contribution is 5.44. The zero-order valence-electron chi connectivity index (χ0n) is 12.7. The van der Waals surface area contributed by atoms with Gasteiger partial charge >= 0.3 is 0 Å². The van der Waals surface area contributed by atoms with Crippen LogP contribution < -0.4 is 20.7 Å². The van der Waals surface area contributed by atoms with Crippen LogP contribution in [0, 0.1) is 6.92 Å². The molecule has 3 N–H and O–H groups in total. The number of rotatable bonds is 6. The number of hydrogen-bond acceptors (Lipinski definition) is 4. The summed E-state index contributed by atoms with van der Waals surface area (Å²) >= 11 is 0. The zero-order valence-corrected chi connectivity index (χ0v) is 12.7. The minimum absolute atomic E-state index is 0.0194. The van der Waals surface area contributed by atoms with Gasteiger partial charge in [-0.25, -0.2) is 0 Å². The maximum Gasteiger partial charge on any atom is 0.161 e. The van der Waals surface area contributed by atoms with Gasteiger partial charge in [0.1, 0.15) is 0 Å². The number of hydrogen-bond donors (Lipinski definition) is 2. The van der Waals surface area contributed by atoms with Crippen molar-refractivity contribution in [1.29, 1.82) is 0 Å². The fourth-order valence-corrected chi connectivity index (χ4v) is 2.40. The molecule has 0 amide bonds. The largest absolute Gasteiger partial charge is 0.493 e. The lowest BCUT2D eigenvalue weighted by Crippen LogP contribution is -2.29. The third kappa shape index (κ3) is 3.54. The van der Waals surface area contributed by atoms with E-state index in [2.05, 4.69) is 24.5 Å². The molecule has 1 unspecified atom stereocenters. The molecule has 0 fully saturated rings. The van der Waals surface area contributed by atoms with Crippen molar-refractivity contribution in [3.05, 3.63) is 59.2 Å². The molecule has 2 aromatic carbocycles. The first-order valence-corrected chi connectivity index (χ1v) is 6.92. The first kappa shape index (κ1) is 15.4. The number of benzene rings is 2. The minimum Gasteiger partial charge on any atom is -0.493 e. The van der Waals surface area contributed by atoms with Crippen LogP contribution in [0.2, 0.25) is 0 Å². The molecular weight excluding hydrogens is 264 g/mol. The normalized spacial score (nSPS) is 12.0. The molecule has 0 saturated heterocycles. The predicted molar refractivity (Wildman–Crippen MR) is 84.5 cm³/mol. The summed E-state index contributed by atoms with van der Waals surface area (Å²) < 4.78 is 10.6. The Bertz CT molecular complexity index is 599. The Morgan fingerprint density at radius 1 is 1.05 bits per heavy atom. The van der Waals surface area contributed by atoms with Gasteiger partial charge in [-0.3, -0.25) is 11.3 Å². The molecule has 2 aromatic rings. The van der Waals surface area contributed by atoms with Gasteiger partial charge < -0.3 is 9.47 Å². The molecule has 1 atom stereocenters. The molecule has 0 aliphatic rings. The SMILES string of the molecule is COc1ccc(C(Cc2ccccc2C)NN)cc1OC. The molecule has 0 heterocycles. The van der Waals surface area contributed by atoms with Crippen molar-refractivity contribution in [3.63, 3.8) is 0 Å². The van der Waals surface area contributed by atoms with Gasteiger partial charge in [0.15, 0.2) is 11.5 Å².